The van der Waals surface area contributed by atoms with Crippen LogP contribution in [0.1, 0.15) is 33.6 Å². The minimum atomic E-state index is 0.246. The van der Waals surface area contributed by atoms with Crippen molar-refractivity contribution in [3.05, 3.63) is 0 Å². The van der Waals surface area contributed by atoms with Crippen LogP contribution in [0.25, 0.3) is 0 Å². The standard InChI is InChI=1S/C16H33N7O2/c1-4-5-7-18-14-21-15(23-16(22-14)20-13(2)3)19-8-10-25-12-11-24-9-6-17/h13H,4-12,17H2,1-3H3,(H3,18,19,20,21,22,23). The van der Waals surface area contributed by atoms with E-state index in [-0.39, 0.29) is 6.04 Å². The van der Waals surface area contributed by atoms with Crippen LogP contribution in [-0.4, -0.2) is 67.1 Å². The minimum Gasteiger partial charge on any atom is -0.378 e. The fourth-order valence-corrected chi connectivity index (χ4v) is 1.87. The Balaban J connectivity index is 2.43. The fraction of sp³-hybridized carbons (Fsp3) is 0.812. The quantitative estimate of drug-likeness (QED) is 0.345. The van der Waals surface area contributed by atoms with Gasteiger partial charge in [0.1, 0.15) is 0 Å². The van der Waals surface area contributed by atoms with Crippen LogP contribution in [0.4, 0.5) is 17.8 Å². The number of aromatic nitrogens is 3. The highest BCUT2D eigenvalue weighted by Crippen LogP contribution is 2.10. The largest absolute Gasteiger partial charge is 0.378 e. The second-order valence-electron chi connectivity index (χ2n) is 5.83. The van der Waals surface area contributed by atoms with E-state index in [1.165, 1.54) is 0 Å². The molecule has 1 aromatic heterocycles. The second kappa shape index (κ2) is 13.6. The lowest BCUT2D eigenvalue weighted by Gasteiger charge is -2.13. The van der Waals surface area contributed by atoms with Gasteiger partial charge < -0.3 is 31.2 Å². The summed E-state index contributed by atoms with van der Waals surface area (Å²) in [5.41, 5.74) is 5.34. The maximum atomic E-state index is 5.48. The molecule has 0 saturated carbocycles. The first-order valence-corrected chi connectivity index (χ1v) is 9.01. The summed E-state index contributed by atoms with van der Waals surface area (Å²) in [6.45, 7) is 10.4. The molecule has 0 bridgehead atoms. The van der Waals surface area contributed by atoms with Crippen LogP contribution in [0.2, 0.25) is 0 Å². The number of nitrogens with two attached hydrogens (primary N) is 1. The Morgan fingerprint density at radius 1 is 0.880 bits per heavy atom. The molecule has 0 atom stereocenters. The maximum Gasteiger partial charge on any atom is 0.229 e. The Bertz CT molecular complexity index is 460. The lowest BCUT2D eigenvalue weighted by Crippen LogP contribution is -2.18. The molecule has 0 aliphatic heterocycles. The smallest absolute Gasteiger partial charge is 0.229 e. The van der Waals surface area contributed by atoms with Crippen LogP contribution in [0.5, 0.6) is 0 Å². The van der Waals surface area contributed by atoms with Gasteiger partial charge >= 0.3 is 0 Å². The first-order chi connectivity index (χ1) is 12.2. The van der Waals surface area contributed by atoms with E-state index in [0.717, 1.165) is 19.4 Å². The van der Waals surface area contributed by atoms with Gasteiger partial charge in [0.25, 0.3) is 0 Å². The molecule has 5 N–H and O–H groups in total. The molecule has 1 rings (SSSR count). The van der Waals surface area contributed by atoms with E-state index in [4.69, 9.17) is 15.2 Å². The highest BCUT2D eigenvalue weighted by molar-refractivity contribution is 5.42. The molecule has 9 nitrogen and oxygen atoms in total. The van der Waals surface area contributed by atoms with Gasteiger partial charge in [-0.3, -0.25) is 0 Å². The first kappa shape index (κ1) is 21.3. The molecular formula is C16H33N7O2. The van der Waals surface area contributed by atoms with Crippen molar-refractivity contribution >= 4 is 17.8 Å². The van der Waals surface area contributed by atoms with Crippen molar-refractivity contribution in [1.29, 1.82) is 0 Å². The number of rotatable bonds is 15. The molecule has 0 unspecified atom stereocenters. The van der Waals surface area contributed by atoms with Gasteiger partial charge in [-0.1, -0.05) is 13.3 Å². The Labute approximate surface area is 150 Å². The average Bonchev–Trinajstić information content (AvgIpc) is 2.57. The number of hydrogen-bond donors (Lipinski definition) is 4. The number of unbranched alkanes of at least 4 members (excludes halogenated alkanes) is 1. The predicted molar refractivity (Wildman–Crippen MR) is 101 cm³/mol. The molecule has 0 aliphatic rings. The van der Waals surface area contributed by atoms with Gasteiger partial charge in [-0.15, -0.1) is 0 Å². The van der Waals surface area contributed by atoms with Crippen molar-refractivity contribution in [2.45, 2.75) is 39.7 Å². The molecule has 0 radical (unpaired) electrons. The van der Waals surface area contributed by atoms with Gasteiger partial charge in [0.2, 0.25) is 17.8 Å². The minimum absolute atomic E-state index is 0.246. The second-order valence-corrected chi connectivity index (χ2v) is 5.83. The van der Waals surface area contributed by atoms with Gasteiger partial charge in [0, 0.05) is 25.7 Å². The van der Waals surface area contributed by atoms with Crippen molar-refractivity contribution in [2.75, 3.05) is 62.0 Å². The molecule has 0 fully saturated rings. The zero-order chi connectivity index (χ0) is 18.3. The molecule has 1 aromatic rings. The molecule has 0 amide bonds. The zero-order valence-electron chi connectivity index (χ0n) is 15.7. The number of ether oxygens (including phenoxy) is 2. The van der Waals surface area contributed by atoms with E-state index in [9.17, 15) is 0 Å². The lowest BCUT2D eigenvalue weighted by molar-refractivity contribution is 0.0547. The molecule has 0 aromatic carbocycles. The molecule has 9 heteroatoms. The number of anilines is 3. The van der Waals surface area contributed by atoms with Crippen molar-refractivity contribution < 1.29 is 9.47 Å². The summed E-state index contributed by atoms with van der Waals surface area (Å²) in [4.78, 5) is 13.2. The van der Waals surface area contributed by atoms with Crippen LogP contribution in [0, 0.1) is 0 Å². The van der Waals surface area contributed by atoms with Gasteiger partial charge in [0.15, 0.2) is 0 Å². The summed E-state index contributed by atoms with van der Waals surface area (Å²) in [5, 5.41) is 9.60. The van der Waals surface area contributed by atoms with E-state index in [1.807, 2.05) is 13.8 Å². The van der Waals surface area contributed by atoms with Crippen LogP contribution in [-0.2, 0) is 9.47 Å². The van der Waals surface area contributed by atoms with Crippen molar-refractivity contribution in [1.82, 2.24) is 15.0 Å². The summed E-state index contributed by atoms with van der Waals surface area (Å²) in [7, 11) is 0. The Kier molecular flexibility index (Phi) is 11.6. The molecule has 1 heterocycles. The summed E-state index contributed by atoms with van der Waals surface area (Å²) < 4.78 is 10.7. The summed E-state index contributed by atoms with van der Waals surface area (Å²) in [5.74, 6) is 1.66. The molecule has 0 saturated heterocycles. The monoisotopic (exact) mass is 355 g/mol. The van der Waals surface area contributed by atoms with Gasteiger partial charge in [-0.2, -0.15) is 15.0 Å². The molecule has 0 aliphatic carbocycles. The third kappa shape index (κ3) is 10.7. The lowest BCUT2D eigenvalue weighted by atomic mass is 10.3. The Hall–Kier alpha value is -1.71. The molecule has 25 heavy (non-hydrogen) atoms. The summed E-state index contributed by atoms with van der Waals surface area (Å²) in [6.07, 6.45) is 2.19. The van der Waals surface area contributed by atoms with E-state index in [0.29, 0.717) is 57.4 Å². The Morgan fingerprint density at radius 3 is 2.08 bits per heavy atom. The first-order valence-electron chi connectivity index (χ1n) is 9.01. The third-order valence-corrected chi connectivity index (χ3v) is 3.03. The topological polar surface area (TPSA) is 119 Å². The van der Waals surface area contributed by atoms with E-state index < -0.39 is 0 Å². The van der Waals surface area contributed by atoms with Gasteiger partial charge in [0.05, 0.1) is 26.4 Å². The normalized spacial score (nSPS) is 10.9. The zero-order valence-corrected chi connectivity index (χ0v) is 15.7. The van der Waals surface area contributed by atoms with E-state index >= 15 is 0 Å². The summed E-state index contributed by atoms with van der Waals surface area (Å²) in [6, 6.07) is 0.246. The molecular weight excluding hydrogens is 322 g/mol. The highest BCUT2D eigenvalue weighted by atomic mass is 16.5. The maximum absolute atomic E-state index is 5.48. The van der Waals surface area contributed by atoms with Crippen molar-refractivity contribution in [3.63, 3.8) is 0 Å². The van der Waals surface area contributed by atoms with Crippen molar-refractivity contribution in [3.8, 4) is 0 Å². The van der Waals surface area contributed by atoms with E-state index in [2.05, 4.69) is 37.8 Å². The third-order valence-electron chi connectivity index (χ3n) is 3.03. The van der Waals surface area contributed by atoms with Crippen LogP contribution < -0.4 is 21.7 Å². The molecule has 0 spiro atoms. The number of hydrogen-bond acceptors (Lipinski definition) is 9. The summed E-state index contributed by atoms with van der Waals surface area (Å²) >= 11 is 0. The molecule has 144 valence electrons. The number of nitrogens with zero attached hydrogens (tertiary/aromatic N) is 3. The highest BCUT2D eigenvalue weighted by Gasteiger charge is 2.07. The van der Waals surface area contributed by atoms with E-state index in [1.54, 1.807) is 0 Å². The van der Waals surface area contributed by atoms with Gasteiger partial charge in [-0.25, -0.2) is 0 Å². The predicted octanol–water partition coefficient (Wildman–Crippen LogP) is 1.31. The van der Waals surface area contributed by atoms with Crippen LogP contribution in [0.15, 0.2) is 0 Å². The van der Waals surface area contributed by atoms with Crippen molar-refractivity contribution in [2.24, 2.45) is 5.73 Å². The Morgan fingerprint density at radius 2 is 1.48 bits per heavy atom. The van der Waals surface area contributed by atoms with Gasteiger partial charge in [-0.05, 0) is 20.3 Å². The SMILES string of the molecule is CCCCNc1nc(NCCOCCOCCN)nc(NC(C)C)n1. The van der Waals surface area contributed by atoms with Crippen LogP contribution in [0.3, 0.4) is 0 Å². The fourth-order valence-electron chi connectivity index (χ4n) is 1.87. The number of nitrogens with one attached hydrogen (secondary N) is 3. The van der Waals surface area contributed by atoms with Crippen LogP contribution >= 0.6 is 0 Å². The average molecular weight is 355 g/mol.